The Morgan fingerprint density at radius 3 is 1.84 bits per heavy atom. The van der Waals surface area contributed by atoms with Crippen LogP contribution < -0.4 is 4.90 Å². The molecule has 45 heavy (non-hydrogen) atoms. The lowest BCUT2D eigenvalue weighted by Crippen LogP contribution is -2.09. The van der Waals surface area contributed by atoms with Gasteiger partial charge in [-0.25, -0.2) is 4.98 Å². The molecule has 0 spiro atoms. The Morgan fingerprint density at radius 2 is 1.04 bits per heavy atom. The third kappa shape index (κ3) is 4.35. The second-order valence-electron chi connectivity index (χ2n) is 11.2. The van der Waals surface area contributed by atoms with Gasteiger partial charge < -0.3 is 13.7 Å². The Morgan fingerprint density at radius 1 is 0.422 bits per heavy atom. The van der Waals surface area contributed by atoms with Crippen LogP contribution in [-0.2, 0) is 0 Å². The van der Waals surface area contributed by atoms with Crippen LogP contribution in [0.5, 0.6) is 0 Å². The normalized spacial score (nSPS) is 11.6. The van der Waals surface area contributed by atoms with Crippen molar-refractivity contribution in [3.63, 3.8) is 0 Å². The number of nitrogens with zero attached hydrogens (tertiary/aromatic N) is 2. The summed E-state index contributed by atoms with van der Waals surface area (Å²) in [4.78, 5) is 7.06. The fourth-order valence-electron chi connectivity index (χ4n) is 6.28. The number of fused-ring (bicyclic) bond motifs is 6. The van der Waals surface area contributed by atoms with Crippen LogP contribution in [0.1, 0.15) is 0 Å². The van der Waals surface area contributed by atoms with Crippen molar-refractivity contribution >= 4 is 60.9 Å². The molecule has 0 saturated carbocycles. The summed E-state index contributed by atoms with van der Waals surface area (Å²) >= 11 is 0. The molecule has 0 atom stereocenters. The summed E-state index contributed by atoms with van der Waals surface area (Å²) in [6, 6.07) is 54.5. The standard InChI is InChI=1S/C41H26N2O2/c1-3-9-27(10-4-1)28-15-18-31(19-16-28)43(33-21-23-36-35-13-7-8-14-38(35)44-39(36)26-33)32-20-22-34-30(25-32)17-24-37-40(34)45-41(42-37)29-11-5-2-6-12-29/h1-26H. The minimum absolute atomic E-state index is 0.626. The van der Waals surface area contributed by atoms with Gasteiger partial charge in [-0.2, -0.15) is 0 Å². The molecule has 2 heterocycles. The van der Waals surface area contributed by atoms with Gasteiger partial charge in [0, 0.05) is 44.9 Å². The molecule has 0 amide bonds. The van der Waals surface area contributed by atoms with E-state index < -0.39 is 0 Å². The SMILES string of the molecule is c1ccc(-c2ccc(N(c3ccc4c(ccc5nc(-c6ccccc6)oc54)c3)c3ccc4c(c3)oc3ccccc34)cc2)cc1. The zero-order valence-corrected chi connectivity index (χ0v) is 24.2. The minimum atomic E-state index is 0.626. The van der Waals surface area contributed by atoms with Crippen LogP contribution in [-0.4, -0.2) is 4.98 Å². The zero-order valence-electron chi connectivity index (χ0n) is 24.2. The second-order valence-corrected chi connectivity index (χ2v) is 11.2. The summed E-state index contributed by atoms with van der Waals surface area (Å²) < 4.78 is 12.6. The Bertz CT molecular complexity index is 2480. The molecule has 9 aromatic rings. The summed E-state index contributed by atoms with van der Waals surface area (Å²) in [5.74, 6) is 0.626. The Hall–Kier alpha value is -6.13. The van der Waals surface area contributed by atoms with Gasteiger partial charge in [0.05, 0.1) is 0 Å². The van der Waals surface area contributed by atoms with Gasteiger partial charge in [-0.3, -0.25) is 0 Å². The maximum absolute atomic E-state index is 6.33. The predicted molar refractivity (Wildman–Crippen MR) is 184 cm³/mol. The molecule has 0 radical (unpaired) electrons. The minimum Gasteiger partial charge on any atom is -0.456 e. The number of hydrogen-bond donors (Lipinski definition) is 0. The Labute approximate surface area is 259 Å². The number of para-hydroxylation sites is 1. The molecule has 0 N–H and O–H groups in total. The number of hydrogen-bond acceptors (Lipinski definition) is 4. The van der Waals surface area contributed by atoms with Crippen molar-refractivity contribution in [3.05, 3.63) is 158 Å². The molecular formula is C41H26N2O2. The number of oxazole rings is 1. The third-order valence-electron chi connectivity index (χ3n) is 8.49. The molecule has 0 aliphatic carbocycles. The van der Waals surface area contributed by atoms with Gasteiger partial charge in [-0.1, -0.05) is 84.9 Å². The van der Waals surface area contributed by atoms with Crippen LogP contribution in [0.2, 0.25) is 0 Å². The van der Waals surface area contributed by atoms with E-state index in [-0.39, 0.29) is 0 Å². The first kappa shape index (κ1) is 25.4. The maximum atomic E-state index is 6.33. The summed E-state index contributed by atoms with van der Waals surface area (Å²) in [5, 5.41) is 4.33. The molecule has 0 unspecified atom stereocenters. The molecular weight excluding hydrogens is 552 g/mol. The molecule has 0 fully saturated rings. The lowest BCUT2D eigenvalue weighted by atomic mass is 10.0. The number of furan rings is 1. The first-order valence-corrected chi connectivity index (χ1v) is 15.0. The van der Waals surface area contributed by atoms with Gasteiger partial charge in [-0.05, 0) is 83.2 Å². The first-order valence-electron chi connectivity index (χ1n) is 15.0. The third-order valence-corrected chi connectivity index (χ3v) is 8.49. The fraction of sp³-hybridized carbons (Fsp3) is 0. The van der Waals surface area contributed by atoms with Crippen molar-refractivity contribution in [1.29, 1.82) is 0 Å². The lowest BCUT2D eigenvalue weighted by Gasteiger charge is -2.26. The van der Waals surface area contributed by atoms with Gasteiger partial charge in [0.2, 0.25) is 5.89 Å². The maximum Gasteiger partial charge on any atom is 0.227 e. The quantitative estimate of drug-likeness (QED) is 0.204. The molecule has 0 saturated heterocycles. The molecule has 9 rings (SSSR count). The van der Waals surface area contributed by atoms with Crippen LogP contribution >= 0.6 is 0 Å². The van der Waals surface area contributed by atoms with E-state index in [1.54, 1.807) is 0 Å². The van der Waals surface area contributed by atoms with E-state index in [4.69, 9.17) is 13.8 Å². The number of benzene rings is 7. The lowest BCUT2D eigenvalue weighted by molar-refractivity contribution is 0.623. The van der Waals surface area contributed by atoms with E-state index >= 15 is 0 Å². The molecule has 0 bridgehead atoms. The summed E-state index contributed by atoms with van der Waals surface area (Å²) in [6.07, 6.45) is 0. The molecule has 4 heteroatoms. The van der Waals surface area contributed by atoms with Crippen molar-refractivity contribution in [3.8, 4) is 22.6 Å². The van der Waals surface area contributed by atoms with Gasteiger partial charge in [0.25, 0.3) is 0 Å². The van der Waals surface area contributed by atoms with E-state index in [0.717, 1.165) is 66.4 Å². The highest BCUT2D eigenvalue weighted by Crippen LogP contribution is 2.41. The Kier molecular flexibility index (Phi) is 5.78. The van der Waals surface area contributed by atoms with Crippen molar-refractivity contribution in [2.45, 2.75) is 0 Å². The van der Waals surface area contributed by atoms with Crippen molar-refractivity contribution in [1.82, 2.24) is 4.98 Å². The average Bonchev–Trinajstić information content (AvgIpc) is 3.71. The van der Waals surface area contributed by atoms with E-state index in [9.17, 15) is 0 Å². The molecule has 7 aromatic carbocycles. The summed E-state index contributed by atoms with van der Waals surface area (Å²) in [5.41, 5.74) is 9.81. The monoisotopic (exact) mass is 578 g/mol. The predicted octanol–water partition coefficient (Wildman–Crippen LogP) is 11.7. The van der Waals surface area contributed by atoms with Crippen molar-refractivity contribution < 1.29 is 8.83 Å². The first-order chi connectivity index (χ1) is 22.3. The molecule has 2 aromatic heterocycles. The van der Waals surface area contributed by atoms with Gasteiger partial charge in [0.15, 0.2) is 5.58 Å². The highest BCUT2D eigenvalue weighted by molar-refractivity contribution is 6.07. The zero-order chi connectivity index (χ0) is 29.7. The molecule has 212 valence electrons. The highest BCUT2D eigenvalue weighted by atomic mass is 16.3. The number of anilines is 3. The second kappa shape index (κ2) is 10.2. The van der Waals surface area contributed by atoms with Gasteiger partial charge in [0.1, 0.15) is 16.7 Å². The topological polar surface area (TPSA) is 42.4 Å². The molecule has 0 aliphatic rings. The average molecular weight is 579 g/mol. The van der Waals surface area contributed by atoms with Crippen LogP contribution in [0.25, 0.3) is 66.4 Å². The van der Waals surface area contributed by atoms with Crippen molar-refractivity contribution in [2.75, 3.05) is 4.90 Å². The van der Waals surface area contributed by atoms with E-state index in [1.165, 1.54) is 11.1 Å². The summed E-state index contributed by atoms with van der Waals surface area (Å²) in [6.45, 7) is 0. The largest absolute Gasteiger partial charge is 0.456 e. The number of rotatable bonds is 5. The van der Waals surface area contributed by atoms with E-state index in [2.05, 4.69) is 108 Å². The summed E-state index contributed by atoms with van der Waals surface area (Å²) in [7, 11) is 0. The van der Waals surface area contributed by atoms with Crippen LogP contribution in [0.15, 0.2) is 167 Å². The smallest absolute Gasteiger partial charge is 0.227 e. The molecule has 4 nitrogen and oxygen atoms in total. The Balaban J connectivity index is 1.19. The van der Waals surface area contributed by atoms with Gasteiger partial charge >= 0.3 is 0 Å². The van der Waals surface area contributed by atoms with Crippen LogP contribution in [0, 0.1) is 0 Å². The number of aromatic nitrogens is 1. The van der Waals surface area contributed by atoms with Crippen molar-refractivity contribution in [2.24, 2.45) is 0 Å². The van der Waals surface area contributed by atoms with E-state index in [1.807, 2.05) is 54.6 Å². The van der Waals surface area contributed by atoms with Gasteiger partial charge in [-0.15, -0.1) is 0 Å². The van der Waals surface area contributed by atoms with E-state index in [0.29, 0.717) is 5.89 Å². The fourth-order valence-corrected chi connectivity index (χ4v) is 6.28. The molecule has 0 aliphatic heterocycles. The highest BCUT2D eigenvalue weighted by Gasteiger charge is 2.18. The van der Waals surface area contributed by atoms with Crippen LogP contribution in [0.3, 0.4) is 0 Å². The van der Waals surface area contributed by atoms with Crippen LogP contribution in [0.4, 0.5) is 17.1 Å².